The summed E-state index contributed by atoms with van der Waals surface area (Å²) in [5.41, 5.74) is 1.13. The zero-order chi connectivity index (χ0) is 15.2. The van der Waals surface area contributed by atoms with Crippen LogP contribution < -0.4 is 10.1 Å². The van der Waals surface area contributed by atoms with Gasteiger partial charge in [0.2, 0.25) is 0 Å². The van der Waals surface area contributed by atoms with E-state index in [0.717, 1.165) is 6.42 Å². The Morgan fingerprint density at radius 2 is 2.00 bits per heavy atom. The van der Waals surface area contributed by atoms with Crippen molar-refractivity contribution >= 4 is 23.2 Å². The van der Waals surface area contributed by atoms with E-state index in [-0.39, 0.29) is 12.0 Å². The molecule has 0 saturated carbocycles. The van der Waals surface area contributed by atoms with Crippen LogP contribution in [-0.4, -0.2) is 12.0 Å². The smallest absolute Gasteiger partial charge is 0.255 e. The van der Waals surface area contributed by atoms with Crippen LogP contribution in [0.15, 0.2) is 48.5 Å². The topological polar surface area (TPSA) is 38.3 Å². The number of hydrogen-bond acceptors (Lipinski definition) is 2. The fourth-order valence-electron chi connectivity index (χ4n) is 1.78. The molecule has 0 aliphatic heterocycles. The van der Waals surface area contributed by atoms with Gasteiger partial charge < -0.3 is 10.1 Å². The first-order valence-electron chi connectivity index (χ1n) is 6.92. The van der Waals surface area contributed by atoms with E-state index in [1.54, 1.807) is 30.3 Å². The van der Waals surface area contributed by atoms with Crippen LogP contribution in [-0.2, 0) is 0 Å². The van der Waals surface area contributed by atoms with Crippen molar-refractivity contribution in [2.24, 2.45) is 0 Å². The van der Waals surface area contributed by atoms with Gasteiger partial charge in [0, 0.05) is 5.56 Å². The van der Waals surface area contributed by atoms with Crippen molar-refractivity contribution in [1.82, 2.24) is 0 Å². The normalized spacial score (nSPS) is 11.8. The third-order valence-corrected chi connectivity index (χ3v) is 3.46. The molecule has 0 aliphatic carbocycles. The van der Waals surface area contributed by atoms with E-state index in [9.17, 15) is 4.79 Å². The highest BCUT2D eigenvalue weighted by atomic mass is 35.5. The van der Waals surface area contributed by atoms with Crippen LogP contribution in [0, 0.1) is 0 Å². The Kier molecular flexibility index (Phi) is 5.23. The molecule has 4 heteroatoms. The average molecular weight is 304 g/mol. The summed E-state index contributed by atoms with van der Waals surface area (Å²) < 4.78 is 5.72. The van der Waals surface area contributed by atoms with Crippen LogP contribution in [0.2, 0.25) is 5.02 Å². The number of rotatable bonds is 5. The monoisotopic (exact) mass is 303 g/mol. The number of carbonyl (C=O) groups is 1. The maximum Gasteiger partial charge on any atom is 0.255 e. The molecule has 0 aromatic heterocycles. The van der Waals surface area contributed by atoms with Crippen molar-refractivity contribution in [3.8, 4) is 5.75 Å². The molecule has 110 valence electrons. The summed E-state index contributed by atoms with van der Waals surface area (Å²) in [6.45, 7) is 4.05. The summed E-state index contributed by atoms with van der Waals surface area (Å²) in [7, 11) is 0. The van der Waals surface area contributed by atoms with Gasteiger partial charge in [0.25, 0.3) is 5.91 Å². The zero-order valence-corrected chi connectivity index (χ0v) is 12.9. The van der Waals surface area contributed by atoms with E-state index >= 15 is 0 Å². The molecule has 1 atom stereocenters. The first kappa shape index (κ1) is 15.4. The number of hydrogen-bond donors (Lipinski definition) is 1. The van der Waals surface area contributed by atoms with Crippen molar-refractivity contribution < 1.29 is 9.53 Å². The lowest BCUT2D eigenvalue weighted by Gasteiger charge is -2.13. The first-order chi connectivity index (χ1) is 10.1. The molecule has 0 bridgehead atoms. The average Bonchev–Trinajstić information content (AvgIpc) is 2.49. The Labute approximate surface area is 129 Å². The highest BCUT2D eigenvalue weighted by molar-refractivity contribution is 6.33. The second-order valence-corrected chi connectivity index (χ2v) is 5.21. The minimum Gasteiger partial charge on any atom is -0.491 e. The number of amides is 1. The maximum atomic E-state index is 12.2. The predicted octanol–water partition coefficient (Wildman–Crippen LogP) is 4.77. The van der Waals surface area contributed by atoms with Gasteiger partial charge in [-0.1, -0.05) is 36.7 Å². The molecule has 2 rings (SSSR count). The molecular formula is C17H18ClNO2. The molecule has 2 aromatic rings. The van der Waals surface area contributed by atoms with Gasteiger partial charge >= 0.3 is 0 Å². The molecule has 1 amide bonds. The minimum absolute atomic E-state index is 0.117. The number of anilines is 1. The predicted molar refractivity (Wildman–Crippen MR) is 86.2 cm³/mol. The molecule has 2 aromatic carbocycles. The summed E-state index contributed by atoms with van der Waals surface area (Å²) in [4.78, 5) is 12.2. The molecular weight excluding hydrogens is 286 g/mol. The van der Waals surface area contributed by atoms with Crippen LogP contribution in [0.4, 0.5) is 5.69 Å². The summed E-state index contributed by atoms with van der Waals surface area (Å²) in [6, 6.07) is 14.3. The van der Waals surface area contributed by atoms with Gasteiger partial charge in [-0.25, -0.2) is 0 Å². The van der Waals surface area contributed by atoms with Gasteiger partial charge in [0.1, 0.15) is 5.75 Å². The fraction of sp³-hybridized carbons (Fsp3) is 0.235. The molecule has 0 spiro atoms. The summed E-state index contributed by atoms with van der Waals surface area (Å²) in [5, 5.41) is 3.31. The van der Waals surface area contributed by atoms with Crippen molar-refractivity contribution in [1.29, 1.82) is 0 Å². The lowest BCUT2D eigenvalue weighted by molar-refractivity contribution is 0.102. The van der Waals surface area contributed by atoms with Crippen molar-refractivity contribution in [2.75, 3.05) is 5.32 Å². The quantitative estimate of drug-likeness (QED) is 0.864. The number of para-hydroxylation sites is 1. The minimum atomic E-state index is -0.210. The third kappa shape index (κ3) is 4.23. The lowest BCUT2D eigenvalue weighted by atomic mass is 10.2. The van der Waals surface area contributed by atoms with Crippen LogP contribution in [0.1, 0.15) is 30.6 Å². The first-order valence-corrected chi connectivity index (χ1v) is 7.30. The highest BCUT2D eigenvalue weighted by Crippen LogP contribution is 2.22. The van der Waals surface area contributed by atoms with Gasteiger partial charge in [0.05, 0.1) is 16.8 Å². The zero-order valence-electron chi connectivity index (χ0n) is 12.1. The molecule has 1 N–H and O–H groups in total. The Hall–Kier alpha value is -2.00. The van der Waals surface area contributed by atoms with Gasteiger partial charge in [-0.15, -0.1) is 0 Å². The highest BCUT2D eigenvalue weighted by Gasteiger charge is 2.10. The van der Waals surface area contributed by atoms with Gasteiger partial charge in [-0.2, -0.15) is 0 Å². The molecule has 21 heavy (non-hydrogen) atoms. The van der Waals surface area contributed by atoms with Crippen molar-refractivity contribution in [3.63, 3.8) is 0 Å². The largest absolute Gasteiger partial charge is 0.491 e. The Morgan fingerprint density at radius 1 is 1.24 bits per heavy atom. The lowest BCUT2D eigenvalue weighted by Crippen LogP contribution is -2.13. The van der Waals surface area contributed by atoms with Crippen LogP contribution in [0.25, 0.3) is 0 Å². The molecule has 0 heterocycles. The van der Waals surface area contributed by atoms with Crippen molar-refractivity contribution in [2.45, 2.75) is 26.4 Å². The standard InChI is InChI=1S/C17H18ClNO2/c1-3-12(2)21-14-8-6-7-13(11-14)17(20)19-16-10-5-4-9-15(16)18/h4-12H,3H2,1-2H3,(H,19,20). The molecule has 0 fully saturated rings. The number of halogens is 1. The van der Waals surface area contributed by atoms with Crippen LogP contribution >= 0.6 is 11.6 Å². The van der Waals surface area contributed by atoms with E-state index < -0.39 is 0 Å². The summed E-state index contributed by atoms with van der Waals surface area (Å²) in [5.74, 6) is 0.480. The van der Waals surface area contributed by atoms with Crippen LogP contribution in [0.3, 0.4) is 0 Å². The van der Waals surface area contributed by atoms with E-state index in [0.29, 0.717) is 22.0 Å². The molecule has 3 nitrogen and oxygen atoms in total. The van der Waals surface area contributed by atoms with E-state index in [1.165, 1.54) is 0 Å². The second-order valence-electron chi connectivity index (χ2n) is 4.80. The molecule has 0 saturated heterocycles. The number of nitrogens with one attached hydrogen (secondary N) is 1. The van der Waals surface area contributed by atoms with Crippen LogP contribution in [0.5, 0.6) is 5.75 Å². The molecule has 0 aliphatic rings. The molecule has 1 unspecified atom stereocenters. The number of benzene rings is 2. The number of ether oxygens (including phenoxy) is 1. The van der Waals surface area contributed by atoms with Crippen molar-refractivity contribution in [3.05, 3.63) is 59.1 Å². The van der Waals surface area contributed by atoms with Gasteiger partial charge in [0.15, 0.2) is 0 Å². The maximum absolute atomic E-state index is 12.2. The Balaban J connectivity index is 2.12. The van der Waals surface area contributed by atoms with E-state index in [2.05, 4.69) is 12.2 Å². The van der Waals surface area contributed by atoms with Gasteiger partial charge in [-0.3, -0.25) is 4.79 Å². The van der Waals surface area contributed by atoms with Gasteiger partial charge in [-0.05, 0) is 43.7 Å². The summed E-state index contributed by atoms with van der Waals surface area (Å²) in [6.07, 6.45) is 1.03. The third-order valence-electron chi connectivity index (χ3n) is 3.13. The van der Waals surface area contributed by atoms with E-state index in [1.807, 2.05) is 25.1 Å². The Morgan fingerprint density at radius 3 is 2.71 bits per heavy atom. The SMILES string of the molecule is CCC(C)Oc1cccc(C(=O)Nc2ccccc2Cl)c1. The summed E-state index contributed by atoms with van der Waals surface area (Å²) >= 11 is 6.04. The Bertz CT molecular complexity index is 628. The number of carbonyl (C=O) groups excluding carboxylic acids is 1. The van der Waals surface area contributed by atoms with E-state index in [4.69, 9.17) is 16.3 Å². The fourth-order valence-corrected chi connectivity index (χ4v) is 1.97. The second kappa shape index (κ2) is 7.14. The molecule has 0 radical (unpaired) electrons.